The Balaban J connectivity index is 2.51. The predicted molar refractivity (Wildman–Crippen MR) is 86.0 cm³/mol. The molecular formula is C16H22N2O7. The van der Waals surface area contributed by atoms with Gasteiger partial charge in [0.1, 0.15) is 17.8 Å². The number of ether oxygens (including phenoxy) is 2. The summed E-state index contributed by atoms with van der Waals surface area (Å²) in [7, 11) is 1.18. The van der Waals surface area contributed by atoms with Crippen LogP contribution in [0.15, 0.2) is 18.2 Å². The minimum Gasteiger partial charge on any atom is -0.508 e. The second-order valence-electron chi connectivity index (χ2n) is 5.39. The zero-order valence-corrected chi connectivity index (χ0v) is 13.8. The van der Waals surface area contributed by atoms with Crippen LogP contribution in [0.1, 0.15) is 24.0 Å². The van der Waals surface area contributed by atoms with E-state index in [9.17, 15) is 19.5 Å². The summed E-state index contributed by atoms with van der Waals surface area (Å²) in [5.41, 5.74) is 12.1. The number of esters is 3. The van der Waals surface area contributed by atoms with Gasteiger partial charge in [-0.25, -0.2) is 4.79 Å². The molecule has 1 aromatic rings. The third-order valence-electron chi connectivity index (χ3n) is 3.45. The van der Waals surface area contributed by atoms with Gasteiger partial charge in [-0.15, -0.1) is 0 Å². The highest BCUT2D eigenvalue weighted by Crippen LogP contribution is 2.19. The molecule has 9 nitrogen and oxygen atoms in total. The van der Waals surface area contributed by atoms with Crippen LogP contribution in [0.3, 0.4) is 0 Å². The predicted octanol–water partition coefficient (Wildman–Crippen LogP) is -0.895. The van der Waals surface area contributed by atoms with Crippen LogP contribution in [0.5, 0.6) is 5.75 Å². The van der Waals surface area contributed by atoms with E-state index in [1.165, 1.54) is 19.2 Å². The summed E-state index contributed by atoms with van der Waals surface area (Å²) >= 11 is 0. The number of hydrogen-bond donors (Lipinski definition) is 4. The highest BCUT2D eigenvalue weighted by molar-refractivity contribution is 5.88. The average Bonchev–Trinajstić information content (AvgIpc) is 2.60. The van der Waals surface area contributed by atoms with E-state index in [2.05, 4.69) is 9.47 Å². The zero-order valence-electron chi connectivity index (χ0n) is 13.8. The van der Waals surface area contributed by atoms with E-state index in [1.807, 2.05) is 0 Å². The zero-order chi connectivity index (χ0) is 19.0. The number of phenols is 1. The molecule has 0 bridgehead atoms. The molecule has 0 radical (unpaired) electrons. The van der Waals surface area contributed by atoms with Crippen LogP contribution in [0, 0.1) is 0 Å². The summed E-state index contributed by atoms with van der Waals surface area (Å²) < 4.78 is 9.04. The van der Waals surface area contributed by atoms with Gasteiger partial charge in [-0.2, -0.15) is 0 Å². The van der Waals surface area contributed by atoms with Gasteiger partial charge in [-0.1, -0.05) is 6.07 Å². The van der Waals surface area contributed by atoms with Gasteiger partial charge < -0.3 is 31.2 Å². The third-order valence-corrected chi connectivity index (χ3v) is 3.45. The molecule has 0 aliphatic carbocycles. The minimum atomic E-state index is -1.10. The van der Waals surface area contributed by atoms with Crippen LogP contribution in [0.4, 0.5) is 0 Å². The number of hydrogen-bond acceptors (Lipinski definition) is 9. The molecule has 1 aromatic carbocycles. The quantitative estimate of drug-likeness (QED) is 0.342. The summed E-state index contributed by atoms with van der Waals surface area (Å²) in [4.78, 5) is 34.5. The van der Waals surface area contributed by atoms with Crippen LogP contribution in [-0.2, 0) is 36.9 Å². The summed E-state index contributed by atoms with van der Waals surface area (Å²) in [6, 6.07) is 2.33. The second-order valence-corrected chi connectivity index (χ2v) is 5.39. The number of carbonyl (C=O) groups is 3. The SMILES string of the molecule is COC(=O)C(N)CCC(=O)OC(=O)[C@@H](N)Cc1ccc(O)c(CO)c1. The normalized spacial score (nSPS) is 13.0. The second kappa shape index (κ2) is 9.72. The largest absolute Gasteiger partial charge is 0.508 e. The number of nitrogens with two attached hydrogens (primary N) is 2. The lowest BCUT2D eigenvalue weighted by atomic mass is 10.0. The highest BCUT2D eigenvalue weighted by Gasteiger charge is 2.21. The van der Waals surface area contributed by atoms with Gasteiger partial charge in [0.25, 0.3) is 0 Å². The van der Waals surface area contributed by atoms with Crippen LogP contribution in [0.2, 0.25) is 0 Å². The summed E-state index contributed by atoms with van der Waals surface area (Å²) in [5.74, 6) is -2.50. The molecule has 0 spiro atoms. The molecule has 0 aromatic heterocycles. The maximum absolute atomic E-state index is 11.8. The van der Waals surface area contributed by atoms with Crippen LogP contribution in [-0.4, -0.2) is 47.3 Å². The number of aromatic hydroxyl groups is 1. The fourth-order valence-electron chi connectivity index (χ4n) is 2.01. The molecule has 0 fully saturated rings. The number of benzene rings is 1. The van der Waals surface area contributed by atoms with Crippen LogP contribution >= 0.6 is 0 Å². The van der Waals surface area contributed by atoms with Crippen molar-refractivity contribution in [2.75, 3.05) is 7.11 Å². The Bertz CT molecular complexity index is 633. The van der Waals surface area contributed by atoms with Gasteiger partial charge in [-0.05, 0) is 30.5 Å². The van der Waals surface area contributed by atoms with Crippen molar-refractivity contribution in [3.63, 3.8) is 0 Å². The molecule has 9 heteroatoms. The monoisotopic (exact) mass is 354 g/mol. The van der Waals surface area contributed by atoms with E-state index in [-0.39, 0.29) is 31.6 Å². The van der Waals surface area contributed by atoms with Crippen molar-refractivity contribution >= 4 is 17.9 Å². The first kappa shape index (κ1) is 20.6. The number of rotatable bonds is 8. The molecule has 2 atom stereocenters. The topological polar surface area (TPSA) is 162 Å². The Morgan fingerprint density at radius 1 is 1.16 bits per heavy atom. The van der Waals surface area contributed by atoms with Gasteiger partial charge in [0.2, 0.25) is 0 Å². The molecule has 0 aliphatic rings. The number of methoxy groups -OCH3 is 1. The summed E-state index contributed by atoms with van der Waals surface area (Å²) in [5, 5.41) is 18.6. The summed E-state index contributed by atoms with van der Waals surface area (Å²) in [6.45, 7) is -0.363. The highest BCUT2D eigenvalue weighted by atomic mass is 16.6. The maximum Gasteiger partial charge on any atom is 0.330 e. The lowest BCUT2D eigenvalue weighted by Crippen LogP contribution is -2.36. The third kappa shape index (κ3) is 6.49. The first-order chi connectivity index (χ1) is 11.8. The van der Waals surface area contributed by atoms with E-state index in [4.69, 9.17) is 16.6 Å². The molecule has 0 aliphatic heterocycles. The average molecular weight is 354 g/mol. The molecule has 138 valence electrons. The van der Waals surface area contributed by atoms with Crippen LogP contribution < -0.4 is 11.5 Å². The molecule has 25 heavy (non-hydrogen) atoms. The molecule has 0 saturated heterocycles. The van der Waals surface area contributed by atoms with Crippen molar-refractivity contribution in [1.82, 2.24) is 0 Å². The fraction of sp³-hybridized carbons (Fsp3) is 0.438. The van der Waals surface area contributed by atoms with Crippen molar-refractivity contribution in [3.8, 4) is 5.75 Å². The first-order valence-corrected chi connectivity index (χ1v) is 7.53. The number of carbonyl (C=O) groups excluding carboxylic acids is 3. The standard InChI is InChI=1S/C16H22N2O7/c1-24-15(22)11(17)3-5-14(21)25-16(23)12(18)7-9-2-4-13(20)10(6-9)8-19/h2,4,6,11-12,19-20H,3,5,7-8,17-18H2,1H3/t11?,12-/m0/s1. The lowest BCUT2D eigenvalue weighted by molar-refractivity contribution is -0.160. The van der Waals surface area contributed by atoms with Crippen LogP contribution in [0.25, 0.3) is 0 Å². The minimum absolute atomic E-state index is 0.0220. The smallest absolute Gasteiger partial charge is 0.330 e. The van der Waals surface area contributed by atoms with E-state index in [0.717, 1.165) is 0 Å². The molecule has 1 rings (SSSR count). The van der Waals surface area contributed by atoms with Crippen molar-refractivity contribution in [2.45, 2.75) is 38.0 Å². The Morgan fingerprint density at radius 2 is 1.84 bits per heavy atom. The Morgan fingerprint density at radius 3 is 2.44 bits per heavy atom. The number of aliphatic hydroxyl groups excluding tert-OH is 1. The van der Waals surface area contributed by atoms with Gasteiger partial charge in [-0.3, -0.25) is 9.59 Å². The van der Waals surface area contributed by atoms with E-state index in [0.29, 0.717) is 11.1 Å². The molecule has 0 saturated carbocycles. The summed E-state index contributed by atoms with van der Waals surface area (Å²) in [6.07, 6.45) is -0.199. The van der Waals surface area contributed by atoms with Gasteiger partial charge >= 0.3 is 17.9 Å². The fourth-order valence-corrected chi connectivity index (χ4v) is 2.01. The van der Waals surface area contributed by atoms with Crippen molar-refractivity contribution in [1.29, 1.82) is 0 Å². The number of aliphatic hydroxyl groups is 1. The lowest BCUT2D eigenvalue weighted by Gasteiger charge is -2.12. The van der Waals surface area contributed by atoms with Crippen molar-refractivity contribution < 1.29 is 34.1 Å². The first-order valence-electron chi connectivity index (χ1n) is 7.53. The molecule has 6 N–H and O–H groups in total. The van der Waals surface area contributed by atoms with Crippen molar-refractivity contribution in [2.24, 2.45) is 11.5 Å². The van der Waals surface area contributed by atoms with Gasteiger partial charge in [0, 0.05) is 12.0 Å². The van der Waals surface area contributed by atoms with E-state index >= 15 is 0 Å². The molecular weight excluding hydrogens is 332 g/mol. The van der Waals surface area contributed by atoms with Gasteiger partial charge in [0.15, 0.2) is 0 Å². The maximum atomic E-state index is 11.8. The van der Waals surface area contributed by atoms with Gasteiger partial charge in [0.05, 0.1) is 13.7 Å². The molecule has 1 unspecified atom stereocenters. The van der Waals surface area contributed by atoms with E-state index < -0.39 is 30.0 Å². The van der Waals surface area contributed by atoms with E-state index in [1.54, 1.807) is 6.07 Å². The Kier molecular flexibility index (Phi) is 7.99. The molecule has 0 heterocycles. The molecule has 0 amide bonds. The van der Waals surface area contributed by atoms with Crippen molar-refractivity contribution in [3.05, 3.63) is 29.3 Å². The Hall–Kier alpha value is -2.49. The Labute approximate surface area is 144 Å².